The van der Waals surface area contributed by atoms with Crippen molar-refractivity contribution in [2.75, 3.05) is 14.2 Å². The fourth-order valence-corrected chi connectivity index (χ4v) is 2.81. The molecule has 0 aliphatic rings. The van der Waals surface area contributed by atoms with E-state index in [9.17, 15) is 0 Å². The maximum absolute atomic E-state index is 8.61. The van der Waals surface area contributed by atoms with Crippen LogP contribution in [0.25, 0.3) is 0 Å². The summed E-state index contributed by atoms with van der Waals surface area (Å²) in [6.07, 6.45) is 5.56. The van der Waals surface area contributed by atoms with Gasteiger partial charge in [-0.15, -0.1) is 0 Å². The molecule has 0 radical (unpaired) electrons. The minimum Gasteiger partial charge on any atom is -0.496 e. The molecule has 3 nitrogen and oxygen atoms in total. The van der Waals surface area contributed by atoms with E-state index in [0.717, 1.165) is 47.5 Å². The number of nitriles is 1. The van der Waals surface area contributed by atoms with Crippen molar-refractivity contribution >= 4 is 0 Å². The van der Waals surface area contributed by atoms with Crippen LogP contribution >= 0.6 is 0 Å². The van der Waals surface area contributed by atoms with Gasteiger partial charge in [-0.1, -0.05) is 11.6 Å². The molecule has 3 heteroatoms. The van der Waals surface area contributed by atoms with Gasteiger partial charge in [-0.05, 0) is 63.6 Å². The third-order valence-corrected chi connectivity index (χ3v) is 4.23. The number of allylic oxidation sites excluding steroid dienone is 2. The second-order valence-electron chi connectivity index (χ2n) is 5.69. The van der Waals surface area contributed by atoms with E-state index in [1.165, 1.54) is 11.1 Å². The largest absolute Gasteiger partial charge is 0.496 e. The number of hydrogen-bond donors (Lipinski definition) is 0. The molecule has 0 heterocycles. The van der Waals surface area contributed by atoms with Crippen molar-refractivity contribution in [2.45, 2.75) is 53.4 Å². The van der Waals surface area contributed by atoms with Crippen LogP contribution in [0.4, 0.5) is 0 Å². The number of hydrogen-bond acceptors (Lipinski definition) is 3. The Kier molecular flexibility index (Phi) is 6.98. The number of rotatable bonds is 7. The number of unbranched alkanes of at least 4 members (excludes halogenated alkanes) is 1. The van der Waals surface area contributed by atoms with E-state index in [2.05, 4.69) is 39.8 Å². The molecule has 0 aliphatic carbocycles. The Balaban J connectivity index is 3.11. The highest BCUT2D eigenvalue weighted by Gasteiger charge is 2.17. The van der Waals surface area contributed by atoms with Gasteiger partial charge in [0.25, 0.3) is 0 Å². The van der Waals surface area contributed by atoms with Gasteiger partial charge in [0, 0.05) is 12.0 Å². The van der Waals surface area contributed by atoms with Gasteiger partial charge in [0.15, 0.2) is 0 Å². The van der Waals surface area contributed by atoms with E-state index in [0.29, 0.717) is 6.42 Å². The highest BCUT2D eigenvalue weighted by molar-refractivity contribution is 5.58. The van der Waals surface area contributed by atoms with E-state index in [-0.39, 0.29) is 0 Å². The minimum atomic E-state index is 0.616. The molecule has 1 aromatic rings. The second-order valence-corrected chi connectivity index (χ2v) is 5.69. The zero-order chi connectivity index (χ0) is 16.7. The van der Waals surface area contributed by atoms with Crippen LogP contribution in [0.3, 0.4) is 0 Å². The van der Waals surface area contributed by atoms with Crippen LogP contribution in [0.15, 0.2) is 11.6 Å². The molecule has 120 valence electrons. The fraction of sp³-hybridized carbons (Fsp3) is 0.526. The Labute approximate surface area is 134 Å². The number of nitrogens with zero attached hydrogens (tertiary/aromatic N) is 1. The average Bonchev–Trinajstić information content (AvgIpc) is 2.50. The van der Waals surface area contributed by atoms with Crippen LogP contribution in [0.5, 0.6) is 11.5 Å². The number of ether oxygens (including phenoxy) is 2. The van der Waals surface area contributed by atoms with E-state index in [4.69, 9.17) is 14.7 Å². The van der Waals surface area contributed by atoms with Gasteiger partial charge in [-0.2, -0.15) is 5.26 Å². The Morgan fingerprint density at radius 3 is 2.18 bits per heavy atom. The lowest BCUT2D eigenvalue weighted by atomic mass is 9.94. The molecule has 0 aromatic heterocycles. The summed E-state index contributed by atoms with van der Waals surface area (Å²) in [6, 6.07) is 2.19. The molecule has 1 rings (SSSR count). The first-order chi connectivity index (χ1) is 10.5. The molecule has 0 spiro atoms. The lowest BCUT2D eigenvalue weighted by molar-refractivity contribution is 0.391. The first-order valence-electron chi connectivity index (χ1n) is 7.71. The zero-order valence-electron chi connectivity index (χ0n) is 14.7. The molecule has 0 atom stereocenters. The van der Waals surface area contributed by atoms with Gasteiger partial charge in [0.05, 0.1) is 20.3 Å². The minimum absolute atomic E-state index is 0.616. The summed E-state index contributed by atoms with van der Waals surface area (Å²) in [7, 11) is 3.44. The van der Waals surface area contributed by atoms with Crippen LogP contribution in [-0.2, 0) is 6.42 Å². The van der Waals surface area contributed by atoms with Gasteiger partial charge >= 0.3 is 0 Å². The van der Waals surface area contributed by atoms with E-state index in [1.54, 1.807) is 14.2 Å². The molecule has 0 saturated heterocycles. The Bertz CT molecular complexity index is 595. The summed E-state index contributed by atoms with van der Waals surface area (Å²) in [5.74, 6) is 1.90. The summed E-state index contributed by atoms with van der Waals surface area (Å²) in [5, 5.41) is 8.61. The molecule has 0 amide bonds. The van der Waals surface area contributed by atoms with Crippen LogP contribution < -0.4 is 9.47 Å². The fourth-order valence-electron chi connectivity index (χ4n) is 2.81. The van der Waals surface area contributed by atoms with Crippen LogP contribution in [-0.4, -0.2) is 14.2 Å². The van der Waals surface area contributed by atoms with Crippen LogP contribution in [0.2, 0.25) is 0 Å². The third kappa shape index (κ3) is 4.04. The Morgan fingerprint density at radius 2 is 1.64 bits per heavy atom. The summed E-state index contributed by atoms with van der Waals surface area (Å²) < 4.78 is 11.2. The predicted octanol–water partition coefficient (Wildman–Crippen LogP) is 4.81. The molecule has 0 fully saturated rings. The third-order valence-electron chi connectivity index (χ3n) is 4.23. The molecule has 0 saturated carbocycles. The molecule has 0 bridgehead atoms. The molecular weight excluding hydrogens is 274 g/mol. The average molecular weight is 301 g/mol. The highest BCUT2D eigenvalue weighted by Crippen LogP contribution is 2.38. The number of benzene rings is 1. The SMILES string of the molecule is COc1c(C)c(C)c(OC)c(C/C=C(\C)CCCC#N)c1C. The zero-order valence-corrected chi connectivity index (χ0v) is 14.7. The van der Waals surface area contributed by atoms with Crippen molar-refractivity contribution in [3.63, 3.8) is 0 Å². The predicted molar refractivity (Wildman–Crippen MR) is 90.7 cm³/mol. The summed E-state index contributed by atoms with van der Waals surface area (Å²) in [5.41, 5.74) is 5.91. The molecule has 0 aliphatic heterocycles. The van der Waals surface area contributed by atoms with Crippen molar-refractivity contribution in [3.8, 4) is 17.6 Å². The van der Waals surface area contributed by atoms with Gasteiger partial charge in [0.2, 0.25) is 0 Å². The molecule has 22 heavy (non-hydrogen) atoms. The number of methoxy groups -OCH3 is 2. The molecular formula is C19H27NO2. The smallest absolute Gasteiger partial charge is 0.126 e. The van der Waals surface area contributed by atoms with Gasteiger partial charge in [-0.25, -0.2) is 0 Å². The molecule has 0 unspecified atom stereocenters. The highest BCUT2D eigenvalue weighted by atomic mass is 16.5. The van der Waals surface area contributed by atoms with Crippen LogP contribution in [0, 0.1) is 32.1 Å². The summed E-state index contributed by atoms with van der Waals surface area (Å²) in [4.78, 5) is 0. The van der Waals surface area contributed by atoms with Crippen LogP contribution in [0.1, 0.15) is 48.4 Å². The van der Waals surface area contributed by atoms with Gasteiger partial charge in [-0.3, -0.25) is 0 Å². The van der Waals surface area contributed by atoms with Crippen molar-refractivity contribution in [2.24, 2.45) is 0 Å². The lowest BCUT2D eigenvalue weighted by Gasteiger charge is -2.20. The second kappa shape index (κ2) is 8.48. The topological polar surface area (TPSA) is 42.2 Å². The van der Waals surface area contributed by atoms with E-state index >= 15 is 0 Å². The normalized spacial score (nSPS) is 11.2. The monoisotopic (exact) mass is 301 g/mol. The maximum Gasteiger partial charge on any atom is 0.126 e. The van der Waals surface area contributed by atoms with Crippen molar-refractivity contribution in [1.82, 2.24) is 0 Å². The summed E-state index contributed by atoms with van der Waals surface area (Å²) in [6.45, 7) is 8.35. The van der Waals surface area contributed by atoms with Gasteiger partial charge in [0.1, 0.15) is 11.5 Å². The molecule has 0 N–H and O–H groups in total. The van der Waals surface area contributed by atoms with Crippen molar-refractivity contribution in [1.29, 1.82) is 5.26 Å². The Hall–Kier alpha value is -1.95. The maximum atomic E-state index is 8.61. The summed E-state index contributed by atoms with van der Waals surface area (Å²) >= 11 is 0. The van der Waals surface area contributed by atoms with E-state index < -0.39 is 0 Å². The van der Waals surface area contributed by atoms with E-state index in [1.807, 2.05) is 0 Å². The van der Waals surface area contributed by atoms with Crippen molar-refractivity contribution < 1.29 is 9.47 Å². The first-order valence-corrected chi connectivity index (χ1v) is 7.71. The lowest BCUT2D eigenvalue weighted by Crippen LogP contribution is -2.03. The quantitative estimate of drug-likeness (QED) is 0.536. The standard InChI is InChI=1S/C19H27NO2/c1-13(9-7-8-12-20)10-11-17-16(4)18(21-5)14(2)15(3)19(17)22-6/h10H,7-9,11H2,1-6H3/b13-10+. The molecule has 1 aromatic carbocycles. The first kappa shape index (κ1) is 18.1. The van der Waals surface area contributed by atoms with Gasteiger partial charge < -0.3 is 9.47 Å². The Morgan fingerprint density at radius 1 is 1.05 bits per heavy atom. The van der Waals surface area contributed by atoms with Crippen molar-refractivity contribution in [3.05, 3.63) is 33.9 Å².